The summed E-state index contributed by atoms with van der Waals surface area (Å²) in [6, 6.07) is 8.63. The highest BCUT2D eigenvalue weighted by Gasteiger charge is 2.26. The van der Waals surface area contributed by atoms with Crippen molar-refractivity contribution >= 4 is 115 Å². The largest absolute Gasteiger partial charge is 0.505 e. The number of hydrogen-bond donors (Lipinski definition) is 7. The lowest BCUT2D eigenvalue weighted by molar-refractivity contribution is -0.432. The average molecular weight is 959 g/mol. The second-order valence-electron chi connectivity index (χ2n) is 11.2. The van der Waals surface area contributed by atoms with Gasteiger partial charge >= 0.3 is 16.5 Å². The molecular weight excluding hydrogens is 938 g/mol. The number of azo groups is 2. The summed E-state index contributed by atoms with van der Waals surface area (Å²) in [5.74, 6) is -3.90. The second kappa shape index (κ2) is 17.8. The number of benzene rings is 4. The van der Waals surface area contributed by atoms with Gasteiger partial charge in [-0.1, -0.05) is 16.6 Å². The molecule has 0 atom stereocenters. The number of nitrogen functional groups attached to an aromatic ring is 1. The van der Waals surface area contributed by atoms with Crippen molar-refractivity contribution in [1.29, 1.82) is 0 Å². The second-order valence-corrected chi connectivity index (χ2v) is 18.3. The Hall–Kier alpha value is -5.16. The summed E-state index contributed by atoms with van der Waals surface area (Å²) in [5.41, 5.74) is 3.08. The molecule has 5 aromatic rings. The van der Waals surface area contributed by atoms with E-state index in [-0.39, 0.29) is 38.6 Å². The molecule has 320 valence electrons. The molecule has 0 aliphatic carbocycles. The van der Waals surface area contributed by atoms with Crippen LogP contribution in [0.15, 0.2) is 94.6 Å². The van der Waals surface area contributed by atoms with Gasteiger partial charge in [-0.3, -0.25) is 13.7 Å². The van der Waals surface area contributed by atoms with Crippen LogP contribution >= 0.6 is 23.6 Å². The lowest BCUT2D eigenvalue weighted by Crippen LogP contribution is -2.15. The van der Waals surface area contributed by atoms with Crippen LogP contribution in [0.3, 0.4) is 0 Å². The fourth-order valence-corrected chi connectivity index (χ4v) is 8.22. The van der Waals surface area contributed by atoms with Crippen molar-refractivity contribution in [3.8, 4) is 5.75 Å². The molecule has 24 nitrogen and oxygen atoms in total. The smallest absolute Gasteiger partial charge is 0.397 e. The topological polar surface area (TPSA) is 379 Å². The zero-order chi connectivity index (χ0) is 44.4. The summed E-state index contributed by atoms with van der Waals surface area (Å²) < 4.78 is 161. The van der Waals surface area contributed by atoms with Crippen molar-refractivity contribution in [2.75, 3.05) is 23.4 Å². The number of aromatic nitrogens is 2. The summed E-state index contributed by atoms with van der Waals surface area (Å²) in [4.78, 5) is 3.52. The fourth-order valence-electron chi connectivity index (χ4n) is 4.83. The van der Waals surface area contributed by atoms with E-state index in [4.69, 9.17) is 27.1 Å². The maximum atomic E-state index is 13.9. The minimum absolute atomic E-state index is 0.121. The van der Waals surface area contributed by atoms with Crippen LogP contribution in [0.1, 0.15) is 0 Å². The first-order chi connectivity index (χ1) is 27.9. The molecule has 0 spiro atoms. The zero-order valence-electron chi connectivity index (χ0n) is 28.8. The lowest BCUT2D eigenvalue weighted by Gasteiger charge is -2.14. The van der Waals surface area contributed by atoms with E-state index < -0.39 is 119 Å². The summed E-state index contributed by atoms with van der Waals surface area (Å²) in [5, 5.41) is 39.9. The van der Waals surface area contributed by atoms with Crippen LogP contribution in [-0.2, 0) is 54.0 Å². The van der Waals surface area contributed by atoms with E-state index in [1.165, 1.54) is 0 Å². The van der Waals surface area contributed by atoms with Gasteiger partial charge in [-0.05, 0) is 60.0 Å². The monoisotopic (exact) mass is 958 g/mol. The molecule has 0 amide bonds. The van der Waals surface area contributed by atoms with Crippen LogP contribution in [0.25, 0.3) is 10.8 Å². The van der Waals surface area contributed by atoms with Crippen molar-refractivity contribution in [2.45, 2.75) is 19.6 Å². The van der Waals surface area contributed by atoms with E-state index in [9.17, 15) is 56.7 Å². The SMILES string of the molecule is Nc1c(/N=N/c2ccc(S(=O)(=O)CCOS(=O)(=O)O)cc2)c(S(=O)(=O)O)cc2cc(SOOO)c(/N=N/c3cc(Nc4nc(F)nc(F)c4Cl)ccc3S(=O)(=O)O)c(O)c12. The van der Waals surface area contributed by atoms with Gasteiger partial charge in [0, 0.05) is 5.69 Å². The first-order valence-electron chi connectivity index (χ1n) is 15.2. The molecule has 0 radical (unpaired) electrons. The third-order valence-corrected chi connectivity index (χ3v) is 12.2. The molecular formula is C28H21ClF2N8O16S5. The van der Waals surface area contributed by atoms with Crippen LogP contribution < -0.4 is 11.1 Å². The van der Waals surface area contributed by atoms with Gasteiger partial charge in [-0.2, -0.15) is 49.1 Å². The number of hydrogen-bond acceptors (Lipinski definition) is 22. The van der Waals surface area contributed by atoms with Crippen LogP contribution in [-0.4, -0.2) is 80.0 Å². The Bertz CT molecular complexity index is 3040. The predicted molar refractivity (Wildman–Crippen MR) is 201 cm³/mol. The first kappa shape index (κ1) is 45.9. The number of nitrogens with zero attached hydrogens (tertiary/aromatic N) is 6. The highest BCUT2D eigenvalue weighted by molar-refractivity contribution is 7.94. The zero-order valence-corrected chi connectivity index (χ0v) is 33.6. The van der Waals surface area contributed by atoms with E-state index in [2.05, 4.69) is 49.3 Å². The number of anilines is 3. The van der Waals surface area contributed by atoms with E-state index >= 15 is 0 Å². The standard InChI is InChI=1S/C28H21ClF2N8O16S5/c29-21-26(30)34-28(31)35-27(21)33-14-3-6-18(58(44,45)46)16(11-14)37-38-23-17(56-55-54-41)9-12-10-19(59(47,48)49)24(22(32)20(12)25(23)40)39-36-13-1-4-15(5-2-13)57(42,43)8-7-53-60(50,51)52/h1-6,9-11,40-41H,7-8,32H2,(H,33,34,35)(H,44,45,46)(H,47,48,49)(H,50,51,52)/b38-37+,39-36+. The molecule has 60 heavy (non-hydrogen) atoms. The molecule has 1 aromatic heterocycles. The molecule has 0 saturated heterocycles. The minimum atomic E-state index is -5.21. The van der Waals surface area contributed by atoms with Crippen LogP contribution in [0.4, 0.5) is 48.7 Å². The predicted octanol–water partition coefficient (Wildman–Crippen LogP) is 5.94. The molecule has 4 aromatic carbocycles. The molecule has 0 aliphatic rings. The van der Waals surface area contributed by atoms with Crippen molar-refractivity contribution in [3.63, 3.8) is 0 Å². The Morgan fingerprint density at radius 3 is 2.10 bits per heavy atom. The molecule has 0 aliphatic heterocycles. The third kappa shape index (κ3) is 11.0. The molecule has 0 unspecified atom stereocenters. The number of nitrogens with one attached hydrogen (secondary N) is 1. The van der Waals surface area contributed by atoms with Gasteiger partial charge in [0.25, 0.3) is 20.2 Å². The molecule has 0 saturated carbocycles. The van der Waals surface area contributed by atoms with E-state index in [0.717, 1.165) is 54.6 Å². The minimum Gasteiger partial charge on any atom is -0.505 e. The quantitative estimate of drug-likeness (QED) is 0.00879. The number of rotatable bonds is 16. The Morgan fingerprint density at radius 1 is 0.833 bits per heavy atom. The molecule has 1 heterocycles. The van der Waals surface area contributed by atoms with Crippen LogP contribution in [0.5, 0.6) is 5.75 Å². The van der Waals surface area contributed by atoms with Crippen molar-refractivity contribution in [3.05, 3.63) is 71.6 Å². The Labute approximate surface area is 344 Å². The molecule has 32 heteroatoms. The number of fused-ring (bicyclic) bond motifs is 1. The molecule has 0 fully saturated rings. The Kier molecular flexibility index (Phi) is 13.6. The van der Waals surface area contributed by atoms with E-state index in [1.807, 2.05) is 0 Å². The fraction of sp³-hybridized carbons (Fsp3) is 0.0714. The lowest BCUT2D eigenvalue weighted by atomic mass is 10.1. The number of phenols is 1. The number of sulfone groups is 1. The highest BCUT2D eigenvalue weighted by Crippen LogP contribution is 2.50. The normalized spacial score (nSPS) is 12.8. The summed E-state index contributed by atoms with van der Waals surface area (Å²) >= 11 is 5.91. The van der Waals surface area contributed by atoms with Crippen molar-refractivity contribution in [2.24, 2.45) is 20.5 Å². The number of phenolic OH excluding ortho intramolecular Hbond substituents is 1. The average Bonchev–Trinajstić information content (AvgIpc) is 3.13. The molecule has 5 rings (SSSR count). The van der Waals surface area contributed by atoms with Gasteiger partial charge in [-0.15, -0.1) is 19.7 Å². The third-order valence-electron chi connectivity index (χ3n) is 7.33. The van der Waals surface area contributed by atoms with Crippen molar-refractivity contribution in [1.82, 2.24) is 9.97 Å². The van der Waals surface area contributed by atoms with Gasteiger partial charge < -0.3 is 16.2 Å². The Balaban J connectivity index is 1.61. The maximum absolute atomic E-state index is 13.9. The highest BCUT2D eigenvalue weighted by atomic mass is 35.5. The summed E-state index contributed by atoms with van der Waals surface area (Å²) in [6.45, 7) is -0.913. The van der Waals surface area contributed by atoms with Gasteiger partial charge in [0.05, 0.1) is 51.0 Å². The van der Waals surface area contributed by atoms with E-state index in [1.54, 1.807) is 0 Å². The number of nitrogens with two attached hydrogens (primary N) is 1. The van der Waals surface area contributed by atoms with Gasteiger partial charge in [0.15, 0.2) is 21.4 Å². The number of halogens is 3. The van der Waals surface area contributed by atoms with Crippen molar-refractivity contribution < 1.29 is 80.0 Å². The molecule has 0 bridgehead atoms. The van der Waals surface area contributed by atoms with Gasteiger partial charge in [-0.25, -0.2) is 17.9 Å². The van der Waals surface area contributed by atoms with Gasteiger partial charge in [0.1, 0.15) is 31.9 Å². The van der Waals surface area contributed by atoms with Crippen LogP contribution in [0.2, 0.25) is 5.02 Å². The van der Waals surface area contributed by atoms with Crippen LogP contribution in [0, 0.1) is 12.0 Å². The van der Waals surface area contributed by atoms with Gasteiger partial charge in [0.2, 0.25) is 5.95 Å². The number of aromatic hydroxyl groups is 1. The van der Waals surface area contributed by atoms with E-state index in [0.29, 0.717) is 0 Å². The maximum Gasteiger partial charge on any atom is 0.397 e. The summed E-state index contributed by atoms with van der Waals surface area (Å²) in [7, 11) is -19.4. The molecule has 8 N–H and O–H groups in total. The first-order valence-corrected chi connectivity index (χ1v) is 22.2. The summed E-state index contributed by atoms with van der Waals surface area (Å²) in [6.07, 6.45) is -1.53. The Morgan fingerprint density at radius 2 is 1.48 bits per heavy atom.